The molecule has 12 nitrogen and oxygen atoms in total. The Morgan fingerprint density at radius 1 is 1.12 bits per heavy atom. The van der Waals surface area contributed by atoms with Crippen LogP contribution < -0.4 is 16.2 Å². The van der Waals surface area contributed by atoms with Crippen molar-refractivity contribution in [2.45, 2.75) is 62.3 Å². The number of piperidine rings is 1. The van der Waals surface area contributed by atoms with Gasteiger partial charge in [-0.15, -0.1) is 0 Å². The topological polar surface area (TPSA) is 200 Å². The van der Waals surface area contributed by atoms with Gasteiger partial charge in [0.1, 0.15) is 28.6 Å². The lowest BCUT2D eigenvalue weighted by Crippen LogP contribution is -2.63. The number of carbonyl (C=O) groups is 3. The van der Waals surface area contributed by atoms with Crippen LogP contribution in [0.5, 0.6) is 11.5 Å². The van der Waals surface area contributed by atoms with Gasteiger partial charge in [-0.05, 0) is 77.2 Å². The maximum Gasteiger partial charge on any atom is 0.255 e. The first kappa shape index (κ1) is 28.7. The molecule has 0 unspecified atom stereocenters. The highest BCUT2D eigenvalue weighted by atomic mass is 16.5. The number of carbonyl (C=O) groups excluding carboxylic acids is 3. The Labute approximate surface area is 243 Å². The lowest BCUT2D eigenvalue weighted by atomic mass is 9.59. The first-order chi connectivity index (χ1) is 19.9. The summed E-state index contributed by atoms with van der Waals surface area (Å²) >= 11 is 0. The van der Waals surface area contributed by atoms with E-state index < -0.39 is 58.0 Å². The van der Waals surface area contributed by atoms with E-state index in [9.17, 15) is 34.8 Å². The second-order valence-corrected chi connectivity index (χ2v) is 12.4. The number of nitrogens with two attached hydrogens (primary N) is 2. The van der Waals surface area contributed by atoms with Crippen molar-refractivity contribution in [1.82, 2.24) is 9.80 Å². The lowest BCUT2D eigenvalue weighted by molar-refractivity contribution is -0.145. The minimum absolute atomic E-state index is 0.000130. The minimum Gasteiger partial charge on any atom is -0.510 e. The first-order valence-electron chi connectivity index (χ1n) is 14.5. The maximum absolute atomic E-state index is 14.0. The third-order valence-corrected chi connectivity index (χ3v) is 10.2. The van der Waals surface area contributed by atoms with Crippen LogP contribution in [0.25, 0.3) is 0 Å². The number of amides is 1. The number of aliphatic hydroxyl groups is 3. The highest BCUT2D eigenvalue weighted by Crippen LogP contribution is 2.54. The molecule has 0 radical (unpaired) electrons. The van der Waals surface area contributed by atoms with Crippen molar-refractivity contribution in [2.24, 2.45) is 23.3 Å². The number of nitrogens with zero attached hydrogens (tertiary/aromatic N) is 2. The van der Waals surface area contributed by atoms with Gasteiger partial charge in [-0.25, -0.2) is 0 Å². The van der Waals surface area contributed by atoms with Crippen molar-refractivity contribution in [3.63, 3.8) is 0 Å². The molecule has 0 spiro atoms. The average Bonchev–Trinajstić information content (AvgIpc) is 3.43. The van der Waals surface area contributed by atoms with Crippen molar-refractivity contribution in [3.8, 4) is 11.5 Å². The molecule has 1 aromatic carbocycles. The van der Waals surface area contributed by atoms with E-state index in [1.165, 1.54) is 7.11 Å². The molecule has 8 N–H and O–H groups in total. The quantitative estimate of drug-likeness (QED) is 0.274. The van der Waals surface area contributed by atoms with E-state index in [0.29, 0.717) is 17.4 Å². The van der Waals surface area contributed by atoms with Gasteiger partial charge in [0.15, 0.2) is 11.4 Å². The number of primary amides is 1. The number of ketones is 2. The summed E-state index contributed by atoms with van der Waals surface area (Å²) in [5.74, 6) is -6.74. The van der Waals surface area contributed by atoms with Crippen LogP contribution in [0, 0.1) is 11.8 Å². The molecule has 2 heterocycles. The number of methoxy groups -OCH3 is 1. The van der Waals surface area contributed by atoms with Crippen LogP contribution in [0.1, 0.15) is 59.6 Å². The van der Waals surface area contributed by atoms with Gasteiger partial charge >= 0.3 is 0 Å². The lowest BCUT2D eigenvalue weighted by Gasteiger charge is -2.48. The Hall–Kier alpha value is -3.45. The maximum atomic E-state index is 14.0. The van der Waals surface area contributed by atoms with E-state index in [4.69, 9.17) is 16.2 Å². The Morgan fingerprint density at radius 2 is 1.81 bits per heavy atom. The third-order valence-electron chi connectivity index (χ3n) is 10.2. The highest BCUT2D eigenvalue weighted by Gasteiger charge is 2.62. The van der Waals surface area contributed by atoms with Crippen LogP contribution >= 0.6 is 0 Å². The van der Waals surface area contributed by atoms with Gasteiger partial charge in [-0.1, -0.05) is 0 Å². The number of phenols is 1. The molecule has 2 fully saturated rings. The molecule has 2 saturated heterocycles. The summed E-state index contributed by atoms with van der Waals surface area (Å²) in [6.45, 7) is 2.96. The zero-order chi connectivity index (χ0) is 30.2. The van der Waals surface area contributed by atoms with Crippen LogP contribution in [0.15, 0.2) is 28.7 Å². The fraction of sp³-hybridized carbons (Fsp3) is 0.567. The Balaban J connectivity index is 1.43. The predicted octanol–water partition coefficient (Wildman–Crippen LogP) is 0.757. The molecule has 226 valence electrons. The molecular formula is C30H38N4O8. The number of phenolic OH excluding ortho intramolecular Hbond substituents is 1. The Bertz CT molecular complexity index is 1440. The number of Topliss-reactive ketones (excluding diaryl/α,β-unsaturated/α-hetero) is 2. The fourth-order valence-electron chi connectivity index (χ4n) is 8.16. The van der Waals surface area contributed by atoms with Crippen molar-refractivity contribution < 1.29 is 39.5 Å². The molecule has 5 atom stereocenters. The monoisotopic (exact) mass is 582 g/mol. The molecule has 1 aromatic rings. The van der Waals surface area contributed by atoms with Gasteiger partial charge < -0.3 is 41.5 Å². The van der Waals surface area contributed by atoms with Crippen molar-refractivity contribution in [1.29, 1.82) is 0 Å². The molecule has 42 heavy (non-hydrogen) atoms. The SMILES string of the molecule is COc1c([C@@H]2CCCN2C2CCN(C)CC2)cc(O)c2c1C[C@H]1C[C@H]3[C@H](N)C(O)=C(C(N)=O)C(=O)[C@@]3(O)C(O)=C1C2=O. The molecule has 3 aliphatic carbocycles. The number of ether oxygens (including phenoxy) is 1. The van der Waals surface area contributed by atoms with Crippen LogP contribution in [0.4, 0.5) is 0 Å². The second kappa shape index (κ2) is 10.1. The zero-order valence-corrected chi connectivity index (χ0v) is 23.8. The summed E-state index contributed by atoms with van der Waals surface area (Å²) in [7, 11) is 3.65. The number of fused-ring (bicyclic) bond motifs is 3. The molecule has 0 bridgehead atoms. The molecule has 2 aliphatic heterocycles. The van der Waals surface area contributed by atoms with E-state index in [-0.39, 0.29) is 35.8 Å². The first-order valence-corrected chi connectivity index (χ1v) is 14.5. The molecule has 0 aromatic heterocycles. The number of rotatable bonds is 4. The van der Waals surface area contributed by atoms with Crippen LogP contribution in [0.2, 0.25) is 0 Å². The van der Waals surface area contributed by atoms with E-state index in [2.05, 4.69) is 16.8 Å². The normalized spacial score (nSPS) is 32.6. The van der Waals surface area contributed by atoms with Gasteiger partial charge in [0.25, 0.3) is 5.91 Å². The Kier molecular flexibility index (Phi) is 6.88. The summed E-state index contributed by atoms with van der Waals surface area (Å²) in [5, 5.41) is 44.7. The van der Waals surface area contributed by atoms with Gasteiger partial charge in [0.05, 0.1) is 18.7 Å². The van der Waals surface area contributed by atoms with E-state index in [1.54, 1.807) is 6.07 Å². The predicted molar refractivity (Wildman–Crippen MR) is 150 cm³/mol. The number of likely N-dealkylation sites (tertiary alicyclic amines) is 2. The van der Waals surface area contributed by atoms with E-state index >= 15 is 0 Å². The molecule has 5 aliphatic rings. The van der Waals surface area contributed by atoms with Crippen molar-refractivity contribution in [3.05, 3.63) is 45.4 Å². The smallest absolute Gasteiger partial charge is 0.255 e. The summed E-state index contributed by atoms with van der Waals surface area (Å²) in [6.07, 6.45) is 4.07. The largest absolute Gasteiger partial charge is 0.510 e. The number of hydrogen-bond acceptors (Lipinski definition) is 11. The van der Waals surface area contributed by atoms with Gasteiger partial charge in [0, 0.05) is 34.7 Å². The summed E-state index contributed by atoms with van der Waals surface area (Å²) in [4.78, 5) is 44.0. The summed E-state index contributed by atoms with van der Waals surface area (Å²) < 4.78 is 5.94. The van der Waals surface area contributed by atoms with Gasteiger partial charge in [0.2, 0.25) is 5.78 Å². The molecule has 0 saturated carbocycles. The number of hydrogen-bond donors (Lipinski definition) is 6. The number of aliphatic hydroxyl groups excluding tert-OH is 2. The molecular weight excluding hydrogens is 544 g/mol. The highest BCUT2D eigenvalue weighted by molar-refractivity contribution is 6.24. The van der Waals surface area contributed by atoms with Crippen LogP contribution in [0.3, 0.4) is 0 Å². The number of allylic oxidation sites excluding steroid dienone is 1. The van der Waals surface area contributed by atoms with Crippen molar-refractivity contribution >= 4 is 17.5 Å². The zero-order valence-electron chi connectivity index (χ0n) is 23.8. The third kappa shape index (κ3) is 3.92. The molecule has 6 rings (SSSR count). The number of aromatic hydroxyl groups is 1. The minimum atomic E-state index is -2.73. The summed E-state index contributed by atoms with van der Waals surface area (Å²) in [5.41, 5.74) is 8.84. The summed E-state index contributed by atoms with van der Waals surface area (Å²) in [6, 6.07) is 0.579. The average molecular weight is 583 g/mol. The number of benzene rings is 1. The molecule has 1 amide bonds. The Morgan fingerprint density at radius 3 is 2.45 bits per heavy atom. The van der Waals surface area contributed by atoms with Crippen LogP contribution in [-0.4, -0.2) is 99.2 Å². The van der Waals surface area contributed by atoms with Gasteiger partial charge in [-0.3, -0.25) is 19.3 Å². The van der Waals surface area contributed by atoms with Crippen LogP contribution in [-0.2, 0) is 16.0 Å². The molecule has 12 heteroatoms. The van der Waals surface area contributed by atoms with E-state index in [1.807, 2.05) is 0 Å². The van der Waals surface area contributed by atoms with Gasteiger partial charge in [-0.2, -0.15) is 0 Å². The van der Waals surface area contributed by atoms with Crippen molar-refractivity contribution in [2.75, 3.05) is 33.8 Å². The second-order valence-electron chi connectivity index (χ2n) is 12.4. The standard InChI is InChI=1S/C30H38N4O8/c1-33-8-5-14(6-9-33)34-7-3-4-18(34)15-12-19(35)21-16(26(15)42-2)10-13-11-17-23(31)25(37)22(29(32)40)28(39)30(17,41)27(38)20(13)24(21)36/h12-14,17-18,23,35,37-38,41H,3-11,31H2,1-2H3,(H2,32,40)/t13-,17-,18-,23-,30-/m0/s1. The fourth-order valence-corrected chi connectivity index (χ4v) is 8.16. The van der Waals surface area contributed by atoms with E-state index in [0.717, 1.165) is 50.9 Å².